The predicted octanol–water partition coefficient (Wildman–Crippen LogP) is 4.53. The second kappa shape index (κ2) is 6.55. The second-order valence-corrected chi connectivity index (χ2v) is 4.37. The van der Waals surface area contributed by atoms with Crippen LogP contribution in [0.2, 0.25) is 0 Å². The lowest BCUT2D eigenvalue weighted by atomic mass is 10.1. The minimum absolute atomic E-state index is 0.166. The first-order valence-corrected chi connectivity index (χ1v) is 6.13. The minimum Gasteiger partial charge on any atom is -0.391 e. The van der Waals surface area contributed by atoms with Crippen molar-refractivity contribution in [3.8, 4) is 0 Å². The van der Waals surface area contributed by atoms with E-state index in [-0.39, 0.29) is 17.7 Å². The molecule has 0 aromatic heterocycles. The zero-order chi connectivity index (χ0) is 16.2. The summed E-state index contributed by atoms with van der Waals surface area (Å²) in [6, 6.07) is 7.63. The Morgan fingerprint density at radius 1 is 1.00 bits per heavy atom. The van der Waals surface area contributed by atoms with Crippen molar-refractivity contribution in [3.05, 3.63) is 70.8 Å². The van der Waals surface area contributed by atoms with Gasteiger partial charge in [0, 0.05) is 11.6 Å². The maximum absolute atomic E-state index is 12.9. The normalized spacial score (nSPS) is 11.9. The van der Waals surface area contributed by atoms with Gasteiger partial charge < -0.3 is 4.84 Å². The lowest BCUT2D eigenvalue weighted by Gasteiger charge is -2.09. The van der Waals surface area contributed by atoms with Crippen LogP contribution in [0.4, 0.5) is 22.0 Å². The molecule has 0 radical (unpaired) electrons. The van der Waals surface area contributed by atoms with E-state index in [1.165, 1.54) is 18.2 Å². The molecule has 0 amide bonds. The SMILES string of the molecule is Fc1cc(F)cc(CON=Cc2ccccc2C(F)(F)F)c1. The molecule has 0 aliphatic heterocycles. The minimum atomic E-state index is -4.51. The van der Waals surface area contributed by atoms with Crippen LogP contribution in [0.1, 0.15) is 16.7 Å². The standard InChI is InChI=1S/C15H10F5NO/c16-12-5-10(6-13(17)7-12)9-22-21-8-11-3-1-2-4-14(11)15(18,19)20/h1-8H,9H2. The highest BCUT2D eigenvalue weighted by Gasteiger charge is 2.32. The van der Waals surface area contributed by atoms with Gasteiger partial charge in [0.05, 0.1) is 11.8 Å². The number of rotatable bonds is 4. The third-order valence-electron chi connectivity index (χ3n) is 2.69. The van der Waals surface area contributed by atoms with E-state index in [0.717, 1.165) is 24.4 Å². The Morgan fingerprint density at radius 2 is 1.64 bits per heavy atom. The number of alkyl halides is 3. The van der Waals surface area contributed by atoms with Gasteiger partial charge in [0.25, 0.3) is 0 Å². The van der Waals surface area contributed by atoms with Crippen molar-refractivity contribution in [2.45, 2.75) is 12.8 Å². The van der Waals surface area contributed by atoms with Gasteiger partial charge in [0.1, 0.15) is 18.2 Å². The molecule has 0 atom stereocenters. The first-order chi connectivity index (χ1) is 10.4. The Labute approximate surface area is 122 Å². The van der Waals surface area contributed by atoms with Crippen LogP contribution in [-0.2, 0) is 17.6 Å². The molecular weight excluding hydrogens is 305 g/mol. The van der Waals surface area contributed by atoms with Gasteiger partial charge >= 0.3 is 6.18 Å². The summed E-state index contributed by atoms with van der Waals surface area (Å²) in [4.78, 5) is 4.77. The van der Waals surface area contributed by atoms with Gasteiger partial charge in [-0.25, -0.2) is 8.78 Å². The fraction of sp³-hybridized carbons (Fsp3) is 0.133. The van der Waals surface area contributed by atoms with E-state index in [1.54, 1.807) is 0 Å². The van der Waals surface area contributed by atoms with Gasteiger partial charge in [0.15, 0.2) is 0 Å². The van der Waals surface area contributed by atoms with E-state index in [0.29, 0.717) is 6.07 Å². The Kier molecular flexibility index (Phi) is 4.75. The third-order valence-corrected chi connectivity index (χ3v) is 2.69. The van der Waals surface area contributed by atoms with Crippen molar-refractivity contribution in [1.29, 1.82) is 0 Å². The van der Waals surface area contributed by atoms with Crippen LogP contribution in [0.25, 0.3) is 0 Å². The summed E-state index contributed by atoms with van der Waals surface area (Å²) in [6.07, 6.45) is -3.60. The summed E-state index contributed by atoms with van der Waals surface area (Å²) in [5.74, 6) is -1.55. The number of halogens is 5. The molecule has 2 aromatic carbocycles. The summed E-state index contributed by atoms with van der Waals surface area (Å²) >= 11 is 0. The number of hydrogen-bond acceptors (Lipinski definition) is 2. The molecule has 0 aliphatic rings. The monoisotopic (exact) mass is 315 g/mol. The molecule has 0 heterocycles. The summed E-state index contributed by atoms with van der Waals surface area (Å²) in [7, 11) is 0. The van der Waals surface area contributed by atoms with E-state index < -0.39 is 23.4 Å². The average Bonchev–Trinajstić information content (AvgIpc) is 2.42. The summed E-state index contributed by atoms with van der Waals surface area (Å²) in [5, 5.41) is 3.40. The maximum Gasteiger partial charge on any atom is 0.417 e. The Balaban J connectivity index is 2.04. The molecule has 0 saturated heterocycles. The van der Waals surface area contributed by atoms with Crippen molar-refractivity contribution in [2.75, 3.05) is 0 Å². The molecule has 2 aromatic rings. The van der Waals surface area contributed by atoms with Crippen LogP contribution in [0, 0.1) is 11.6 Å². The van der Waals surface area contributed by atoms with Crippen LogP contribution < -0.4 is 0 Å². The molecule has 2 rings (SSSR count). The lowest BCUT2D eigenvalue weighted by Crippen LogP contribution is -2.08. The first kappa shape index (κ1) is 15.9. The molecule has 0 spiro atoms. The Bertz CT molecular complexity index is 662. The number of nitrogens with zero attached hydrogens (tertiary/aromatic N) is 1. The van der Waals surface area contributed by atoms with Crippen LogP contribution >= 0.6 is 0 Å². The molecule has 116 valence electrons. The van der Waals surface area contributed by atoms with E-state index in [4.69, 9.17) is 4.84 Å². The molecule has 22 heavy (non-hydrogen) atoms. The molecule has 2 nitrogen and oxygen atoms in total. The topological polar surface area (TPSA) is 21.6 Å². The van der Waals surface area contributed by atoms with Gasteiger partial charge in [0.2, 0.25) is 0 Å². The van der Waals surface area contributed by atoms with Gasteiger partial charge in [-0.3, -0.25) is 0 Å². The van der Waals surface area contributed by atoms with E-state index in [1.807, 2.05) is 0 Å². The summed E-state index contributed by atoms with van der Waals surface area (Å²) < 4.78 is 64.0. The molecule has 7 heteroatoms. The van der Waals surface area contributed by atoms with E-state index >= 15 is 0 Å². The largest absolute Gasteiger partial charge is 0.417 e. The van der Waals surface area contributed by atoms with Crippen LogP contribution in [0.3, 0.4) is 0 Å². The smallest absolute Gasteiger partial charge is 0.391 e. The highest BCUT2D eigenvalue weighted by Crippen LogP contribution is 2.31. The van der Waals surface area contributed by atoms with Crippen LogP contribution in [0.15, 0.2) is 47.6 Å². The molecule has 0 unspecified atom stereocenters. The second-order valence-electron chi connectivity index (χ2n) is 4.37. The highest BCUT2D eigenvalue weighted by atomic mass is 19.4. The number of hydrogen-bond donors (Lipinski definition) is 0. The fourth-order valence-electron chi connectivity index (χ4n) is 1.77. The van der Waals surface area contributed by atoms with Gasteiger partial charge in [-0.1, -0.05) is 23.4 Å². The van der Waals surface area contributed by atoms with Gasteiger partial charge in [-0.2, -0.15) is 13.2 Å². The van der Waals surface area contributed by atoms with Crippen molar-refractivity contribution < 1.29 is 26.8 Å². The van der Waals surface area contributed by atoms with Crippen LogP contribution in [0.5, 0.6) is 0 Å². The molecule has 0 saturated carbocycles. The van der Waals surface area contributed by atoms with Crippen molar-refractivity contribution in [1.82, 2.24) is 0 Å². The van der Waals surface area contributed by atoms with E-state index in [9.17, 15) is 22.0 Å². The molecule has 0 N–H and O–H groups in total. The summed E-state index contributed by atoms with van der Waals surface area (Å²) in [5.41, 5.74) is -0.835. The predicted molar refractivity (Wildman–Crippen MR) is 70.2 cm³/mol. The average molecular weight is 315 g/mol. The first-order valence-electron chi connectivity index (χ1n) is 6.13. The highest BCUT2D eigenvalue weighted by molar-refractivity contribution is 5.81. The Morgan fingerprint density at radius 3 is 2.27 bits per heavy atom. The zero-order valence-electron chi connectivity index (χ0n) is 11.1. The van der Waals surface area contributed by atoms with Crippen molar-refractivity contribution >= 4 is 6.21 Å². The number of benzene rings is 2. The molecule has 0 aliphatic carbocycles. The van der Waals surface area contributed by atoms with Crippen LogP contribution in [-0.4, -0.2) is 6.21 Å². The fourth-order valence-corrected chi connectivity index (χ4v) is 1.77. The quantitative estimate of drug-likeness (QED) is 0.461. The molecule has 0 bridgehead atoms. The van der Waals surface area contributed by atoms with Gasteiger partial charge in [-0.15, -0.1) is 0 Å². The van der Waals surface area contributed by atoms with Crippen molar-refractivity contribution in [2.24, 2.45) is 5.16 Å². The van der Waals surface area contributed by atoms with Gasteiger partial charge in [-0.05, 0) is 23.8 Å². The lowest BCUT2D eigenvalue weighted by molar-refractivity contribution is -0.137. The zero-order valence-corrected chi connectivity index (χ0v) is 11.1. The third kappa shape index (κ3) is 4.28. The number of oxime groups is 1. The molecule has 0 fully saturated rings. The molecular formula is C15H10F5NO. The Hall–Kier alpha value is -2.44. The van der Waals surface area contributed by atoms with Crippen molar-refractivity contribution in [3.63, 3.8) is 0 Å². The summed E-state index contributed by atoms with van der Waals surface area (Å²) in [6.45, 7) is -0.265. The van der Waals surface area contributed by atoms with E-state index in [2.05, 4.69) is 5.16 Å². The maximum atomic E-state index is 12.9.